The first-order valence-corrected chi connectivity index (χ1v) is 10.4. The number of hydrogen-bond acceptors (Lipinski definition) is 5. The molecule has 9 heteroatoms. The second kappa shape index (κ2) is 10.9. The number of likely N-dealkylation sites (N-methyl/N-ethyl adjacent to an activating group) is 1. The molecule has 1 heterocycles. The van der Waals surface area contributed by atoms with Gasteiger partial charge in [-0.15, -0.1) is 0 Å². The Morgan fingerprint density at radius 3 is 2.75 bits per heavy atom. The molecule has 0 aliphatic heterocycles. The summed E-state index contributed by atoms with van der Waals surface area (Å²) in [5.41, 5.74) is 1.41. The summed E-state index contributed by atoms with van der Waals surface area (Å²) in [5.74, 6) is -0.273. The highest BCUT2D eigenvalue weighted by atomic mass is 35.5. The molecular weight excluding hydrogens is 437 g/mol. The van der Waals surface area contributed by atoms with Gasteiger partial charge in [0.25, 0.3) is 0 Å². The zero-order chi connectivity index (χ0) is 23.1. The lowest BCUT2D eigenvalue weighted by Crippen LogP contribution is -2.31. The number of hydrogen-bond donors (Lipinski definition) is 2. The molecule has 1 aromatic heterocycles. The van der Waals surface area contributed by atoms with Crippen molar-refractivity contribution in [3.63, 3.8) is 0 Å². The Balaban J connectivity index is 1.43. The average molecular weight is 460 g/mol. The highest BCUT2D eigenvalue weighted by Gasteiger charge is 2.13. The van der Waals surface area contributed by atoms with E-state index in [2.05, 4.69) is 10.3 Å². The zero-order valence-corrected chi connectivity index (χ0v) is 18.2. The first kappa shape index (κ1) is 23.4. The highest BCUT2D eigenvalue weighted by Crippen LogP contribution is 2.22. The SMILES string of the molecule is CN(CCOC(=O)Nc1cc2cc(F)ccc2cn1)C(=O)CCc1cccc(CO)c1Cl. The normalized spacial score (nSPS) is 10.8. The predicted molar refractivity (Wildman–Crippen MR) is 120 cm³/mol. The van der Waals surface area contributed by atoms with E-state index in [1.54, 1.807) is 31.3 Å². The third kappa shape index (κ3) is 6.15. The molecule has 0 bridgehead atoms. The second-order valence-electron chi connectivity index (χ2n) is 7.19. The van der Waals surface area contributed by atoms with Gasteiger partial charge in [-0.2, -0.15) is 0 Å². The Labute approximate surface area is 189 Å². The van der Waals surface area contributed by atoms with Gasteiger partial charge in [-0.1, -0.05) is 29.8 Å². The number of amides is 2. The quantitative estimate of drug-likeness (QED) is 0.527. The predicted octanol–water partition coefficient (Wildman–Crippen LogP) is 4.16. The van der Waals surface area contributed by atoms with E-state index in [0.717, 1.165) is 10.9 Å². The number of halogens is 2. The van der Waals surface area contributed by atoms with E-state index >= 15 is 0 Å². The molecular formula is C23H23ClFN3O4. The molecule has 0 unspecified atom stereocenters. The van der Waals surface area contributed by atoms with Gasteiger partial charge in [0.1, 0.15) is 18.2 Å². The number of carbonyl (C=O) groups is 2. The van der Waals surface area contributed by atoms with Gasteiger partial charge in [-0.05, 0) is 47.2 Å². The molecule has 0 atom stereocenters. The number of carbonyl (C=O) groups excluding carboxylic acids is 2. The summed E-state index contributed by atoms with van der Waals surface area (Å²) in [6.07, 6.45) is 1.47. The van der Waals surface area contributed by atoms with Crippen molar-refractivity contribution < 1.29 is 23.8 Å². The summed E-state index contributed by atoms with van der Waals surface area (Å²) in [4.78, 5) is 29.9. The third-order valence-corrected chi connectivity index (χ3v) is 5.42. The number of anilines is 1. The van der Waals surface area contributed by atoms with Crippen LogP contribution >= 0.6 is 11.6 Å². The lowest BCUT2D eigenvalue weighted by Gasteiger charge is -2.17. The van der Waals surface area contributed by atoms with Gasteiger partial charge >= 0.3 is 6.09 Å². The Morgan fingerprint density at radius 1 is 1.19 bits per heavy atom. The molecule has 0 spiro atoms. The zero-order valence-electron chi connectivity index (χ0n) is 17.5. The van der Waals surface area contributed by atoms with E-state index in [0.29, 0.717) is 22.4 Å². The number of aliphatic hydroxyl groups is 1. The standard InChI is InChI=1S/C23H23ClFN3O4/c1-28(21(30)8-6-15-3-2-4-17(14-29)22(15)24)9-10-32-23(31)27-20-12-18-11-19(25)7-5-16(18)13-26-20/h2-5,7,11-13,29H,6,8-10,14H2,1H3,(H,26,27,31). The average Bonchev–Trinajstić information content (AvgIpc) is 2.77. The van der Waals surface area contributed by atoms with Crippen molar-refractivity contribution >= 4 is 40.2 Å². The molecule has 3 rings (SSSR count). The molecule has 168 valence electrons. The number of rotatable bonds is 8. The van der Waals surface area contributed by atoms with Crippen LogP contribution < -0.4 is 5.32 Å². The third-order valence-electron chi connectivity index (χ3n) is 4.94. The van der Waals surface area contributed by atoms with Crippen LogP contribution in [0.4, 0.5) is 15.0 Å². The van der Waals surface area contributed by atoms with Gasteiger partial charge in [0.15, 0.2) is 0 Å². The monoisotopic (exact) mass is 459 g/mol. The van der Waals surface area contributed by atoms with Gasteiger partial charge in [0, 0.05) is 30.1 Å². The first-order chi connectivity index (χ1) is 15.4. The summed E-state index contributed by atoms with van der Waals surface area (Å²) < 4.78 is 18.5. The number of fused-ring (bicyclic) bond motifs is 1. The number of aliphatic hydroxyl groups excluding tert-OH is 1. The minimum absolute atomic E-state index is 0.00294. The number of nitrogens with one attached hydrogen (secondary N) is 1. The van der Waals surface area contributed by atoms with Crippen LogP contribution in [0, 0.1) is 5.82 Å². The molecule has 0 saturated carbocycles. The van der Waals surface area contributed by atoms with Crippen molar-refractivity contribution in [2.24, 2.45) is 0 Å². The van der Waals surface area contributed by atoms with E-state index in [1.807, 2.05) is 6.07 Å². The molecule has 2 amide bonds. The minimum atomic E-state index is -0.721. The van der Waals surface area contributed by atoms with Crippen molar-refractivity contribution in [2.45, 2.75) is 19.4 Å². The van der Waals surface area contributed by atoms with Crippen molar-refractivity contribution in [1.29, 1.82) is 0 Å². The Hall–Kier alpha value is -3.23. The lowest BCUT2D eigenvalue weighted by molar-refractivity contribution is -0.130. The second-order valence-corrected chi connectivity index (χ2v) is 7.56. The maximum atomic E-state index is 13.4. The van der Waals surface area contributed by atoms with Gasteiger partial charge in [0.2, 0.25) is 5.91 Å². The van der Waals surface area contributed by atoms with E-state index in [4.69, 9.17) is 16.3 Å². The fourth-order valence-electron chi connectivity index (χ4n) is 3.10. The van der Waals surface area contributed by atoms with Crippen molar-refractivity contribution in [2.75, 3.05) is 25.5 Å². The van der Waals surface area contributed by atoms with E-state index in [1.165, 1.54) is 23.2 Å². The number of benzene rings is 2. The maximum Gasteiger partial charge on any atom is 0.412 e. The molecule has 7 nitrogen and oxygen atoms in total. The summed E-state index contributed by atoms with van der Waals surface area (Å²) in [6, 6.07) is 11.2. The minimum Gasteiger partial charge on any atom is -0.447 e. The molecule has 2 N–H and O–H groups in total. The molecule has 0 aliphatic carbocycles. The highest BCUT2D eigenvalue weighted by molar-refractivity contribution is 6.32. The largest absolute Gasteiger partial charge is 0.447 e. The van der Waals surface area contributed by atoms with Gasteiger partial charge in [0.05, 0.1) is 13.2 Å². The first-order valence-electron chi connectivity index (χ1n) is 9.97. The fourth-order valence-corrected chi connectivity index (χ4v) is 3.38. The Bertz CT molecular complexity index is 1130. The lowest BCUT2D eigenvalue weighted by atomic mass is 10.1. The summed E-state index contributed by atoms with van der Waals surface area (Å²) in [6.45, 7) is 0.0512. The fraction of sp³-hybridized carbons (Fsp3) is 0.261. The molecule has 2 aromatic carbocycles. The number of nitrogens with zero attached hydrogens (tertiary/aromatic N) is 2. The van der Waals surface area contributed by atoms with Crippen LogP contribution in [0.15, 0.2) is 48.7 Å². The van der Waals surface area contributed by atoms with Gasteiger partial charge in [-0.25, -0.2) is 14.2 Å². The maximum absolute atomic E-state index is 13.4. The van der Waals surface area contributed by atoms with Crippen LogP contribution in [0.1, 0.15) is 17.5 Å². The van der Waals surface area contributed by atoms with E-state index in [-0.39, 0.29) is 43.7 Å². The van der Waals surface area contributed by atoms with Gasteiger partial charge in [-0.3, -0.25) is 10.1 Å². The number of pyridine rings is 1. The van der Waals surface area contributed by atoms with Crippen LogP contribution in [0.3, 0.4) is 0 Å². The molecule has 32 heavy (non-hydrogen) atoms. The van der Waals surface area contributed by atoms with Gasteiger partial charge < -0.3 is 14.7 Å². The number of aryl methyl sites for hydroxylation is 1. The number of aromatic nitrogens is 1. The summed E-state index contributed by atoms with van der Waals surface area (Å²) in [7, 11) is 1.62. The van der Waals surface area contributed by atoms with E-state index in [9.17, 15) is 19.1 Å². The van der Waals surface area contributed by atoms with Crippen LogP contribution in [0.5, 0.6) is 0 Å². The van der Waals surface area contributed by atoms with Crippen LogP contribution in [-0.4, -0.2) is 47.2 Å². The molecule has 0 fully saturated rings. The van der Waals surface area contributed by atoms with Crippen LogP contribution in [0.25, 0.3) is 10.8 Å². The van der Waals surface area contributed by atoms with E-state index < -0.39 is 6.09 Å². The summed E-state index contributed by atoms with van der Waals surface area (Å²) >= 11 is 6.22. The topological polar surface area (TPSA) is 91.8 Å². The number of ether oxygens (including phenoxy) is 1. The molecule has 0 aliphatic rings. The summed E-state index contributed by atoms with van der Waals surface area (Å²) in [5, 5.41) is 13.6. The van der Waals surface area contributed by atoms with Crippen molar-refractivity contribution in [1.82, 2.24) is 9.88 Å². The van der Waals surface area contributed by atoms with Crippen molar-refractivity contribution in [3.8, 4) is 0 Å². The van der Waals surface area contributed by atoms with Crippen molar-refractivity contribution in [3.05, 3.63) is 70.6 Å². The smallest absolute Gasteiger partial charge is 0.412 e. The Kier molecular flexibility index (Phi) is 7.97. The molecule has 0 radical (unpaired) electrons. The Morgan fingerprint density at radius 2 is 1.97 bits per heavy atom. The molecule has 0 saturated heterocycles. The van der Waals surface area contributed by atoms with Crippen LogP contribution in [0.2, 0.25) is 5.02 Å². The molecule has 3 aromatic rings. The van der Waals surface area contributed by atoms with Crippen LogP contribution in [-0.2, 0) is 22.6 Å².